The van der Waals surface area contributed by atoms with Gasteiger partial charge in [-0.3, -0.25) is 14.1 Å². The maximum atomic E-state index is 13.4. The van der Waals surface area contributed by atoms with Crippen molar-refractivity contribution in [2.75, 3.05) is 32.8 Å². The van der Waals surface area contributed by atoms with Crippen molar-refractivity contribution in [1.29, 1.82) is 0 Å². The molecule has 3 aliphatic rings. The summed E-state index contributed by atoms with van der Waals surface area (Å²) in [5.41, 5.74) is 4.27. The molecule has 1 aromatic carbocycles. The number of aromatic nitrogens is 4. The molecule has 0 atom stereocenters. The number of fused-ring (bicyclic) bond motifs is 1. The minimum atomic E-state index is -0.286. The standard InChI is InChI=1S/C29H33N5O3/c1-32-23-18-30-22-9-8-21(27-25(22)26(23)34(28(32)35)29(19-37-27)11-5-12-29)20-7-10-24(31-17-20)36-16-6-15-33-13-3-2-4-14-33/h7-10,17-18H,2-6,11-16,19H2,1H3. The first-order chi connectivity index (χ1) is 18.1. The van der Waals surface area contributed by atoms with Crippen LogP contribution in [0.5, 0.6) is 11.6 Å². The summed E-state index contributed by atoms with van der Waals surface area (Å²) in [5.74, 6) is 1.43. The van der Waals surface area contributed by atoms with E-state index in [0.717, 1.165) is 71.0 Å². The van der Waals surface area contributed by atoms with E-state index in [1.807, 2.05) is 42.2 Å². The van der Waals surface area contributed by atoms with Crippen LogP contribution >= 0.6 is 0 Å². The van der Waals surface area contributed by atoms with Crippen LogP contribution in [-0.4, -0.2) is 56.9 Å². The van der Waals surface area contributed by atoms with Gasteiger partial charge in [-0.1, -0.05) is 6.42 Å². The number of rotatable bonds is 6. The average Bonchev–Trinajstić information content (AvgIpc) is 3.06. The summed E-state index contributed by atoms with van der Waals surface area (Å²) < 4.78 is 16.2. The Balaban J connectivity index is 1.20. The number of hydrogen-bond donors (Lipinski definition) is 0. The summed E-state index contributed by atoms with van der Waals surface area (Å²) in [6, 6.07) is 8.05. The highest BCUT2D eigenvalue weighted by Gasteiger charge is 2.45. The molecule has 0 amide bonds. The van der Waals surface area contributed by atoms with E-state index in [1.165, 1.54) is 32.4 Å². The molecule has 2 fully saturated rings. The van der Waals surface area contributed by atoms with E-state index in [2.05, 4.69) is 20.9 Å². The molecular formula is C29H33N5O3. The fourth-order valence-corrected chi connectivity index (χ4v) is 6.36. The normalized spacial score (nSPS) is 18.7. The highest BCUT2D eigenvalue weighted by molar-refractivity contribution is 6.09. The molecule has 8 heteroatoms. The van der Waals surface area contributed by atoms with E-state index in [0.29, 0.717) is 19.1 Å². The van der Waals surface area contributed by atoms with Crippen molar-refractivity contribution in [3.63, 3.8) is 0 Å². The van der Waals surface area contributed by atoms with Gasteiger partial charge >= 0.3 is 5.69 Å². The molecule has 3 aromatic heterocycles. The van der Waals surface area contributed by atoms with Crippen molar-refractivity contribution in [1.82, 2.24) is 24.0 Å². The largest absolute Gasteiger partial charge is 0.490 e. The van der Waals surface area contributed by atoms with Crippen LogP contribution in [0.3, 0.4) is 0 Å². The number of likely N-dealkylation sites (tertiary alicyclic amines) is 1. The maximum Gasteiger partial charge on any atom is 0.329 e. The third kappa shape index (κ3) is 3.64. The Morgan fingerprint density at radius 2 is 1.89 bits per heavy atom. The zero-order valence-electron chi connectivity index (χ0n) is 21.4. The number of aryl methyl sites for hydroxylation is 1. The van der Waals surface area contributed by atoms with Crippen LogP contribution in [0.4, 0.5) is 0 Å². The molecule has 37 heavy (non-hydrogen) atoms. The van der Waals surface area contributed by atoms with Crippen molar-refractivity contribution >= 4 is 21.9 Å². The van der Waals surface area contributed by atoms with Crippen molar-refractivity contribution < 1.29 is 9.47 Å². The lowest BCUT2D eigenvalue weighted by Gasteiger charge is -2.41. The predicted molar refractivity (Wildman–Crippen MR) is 143 cm³/mol. The van der Waals surface area contributed by atoms with Gasteiger partial charge in [0.1, 0.15) is 12.4 Å². The molecule has 8 nitrogen and oxygen atoms in total. The number of nitrogens with zero attached hydrogens (tertiary/aromatic N) is 5. The Morgan fingerprint density at radius 3 is 2.65 bits per heavy atom. The second kappa shape index (κ2) is 8.87. The van der Waals surface area contributed by atoms with Crippen LogP contribution in [-0.2, 0) is 12.6 Å². The fraction of sp³-hybridized carbons (Fsp3) is 0.483. The van der Waals surface area contributed by atoms with Gasteiger partial charge in [-0.2, -0.15) is 0 Å². The number of piperidine rings is 1. The fourth-order valence-electron chi connectivity index (χ4n) is 6.36. The van der Waals surface area contributed by atoms with Gasteiger partial charge in [-0.05, 0) is 69.8 Å². The van der Waals surface area contributed by atoms with Crippen LogP contribution in [0, 0.1) is 0 Å². The number of imidazole rings is 1. The number of pyridine rings is 2. The van der Waals surface area contributed by atoms with Crippen molar-refractivity contribution in [2.45, 2.75) is 50.5 Å². The SMILES string of the molecule is Cn1c(=O)n2c3c4c(c(-c5ccc(OCCCN6CCCCC6)nc5)ccc4ncc31)OCC21CCC1. The molecule has 4 aromatic rings. The number of ether oxygens (including phenoxy) is 2. The van der Waals surface area contributed by atoms with Gasteiger partial charge in [0.25, 0.3) is 0 Å². The summed E-state index contributed by atoms with van der Waals surface area (Å²) in [5, 5.41) is 0.912. The van der Waals surface area contributed by atoms with E-state index >= 15 is 0 Å². The van der Waals surface area contributed by atoms with E-state index in [-0.39, 0.29) is 11.2 Å². The third-order valence-corrected chi connectivity index (χ3v) is 8.61. The molecule has 1 saturated carbocycles. The van der Waals surface area contributed by atoms with E-state index < -0.39 is 0 Å². The Labute approximate surface area is 215 Å². The van der Waals surface area contributed by atoms with Crippen LogP contribution in [0.1, 0.15) is 44.9 Å². The molecular weight excluding hydrogens is 466 g/mol. The topological polar surface area (TPSA) is 74.4 Å². The number of hydrogen-bond acceptors (Lipinski definition) is 6. The van der Waals surface area contributed by atoms with Gasteiger partial charge in [-0.15, -0.1) is 0 Å². The average molecular weight is 500 g/mol. The van der Waals surface area contributed by atoms with Crippen LogP contribution in [0.25, 0.3) is 33.1 Å². The summed E-state index contributed by atoms with van der Waals surface area (Å²) in [6.45, 7) is 4.67. The molecule has 0 bridgehead atoms. The van der Waals surface area contributed by atoms with Gasteiger partial charge in [0.05, 0.1) is 40.3 Å². The first-order valence-corrected chi connectivity index (χ1v) is 13.6. The van der Waals surface area contributed by atoms with Crippen LogP contribution in [0.2, 0.25) is 0 Å². The summed E-state index contributed by atoms with van der Waals surface area (Å²) in [6.07, 6.45) is 11.7. The molecule has 0 radical (unpaired) electrons. The molecule has 5 heterocycles. The highest BCUT2D eigenvalue weighted by atomic mass is 16.5. The van der Waals surface area contributed by atoms with Gasteiger partial charge < -0.3 is 14.4 Å². The first-order valence-electron chi connectivity index (χ1n) is 13.6. The molecule has 0 unspecified atom stereocenters. The second-order valence-electron chi connectivity index (χ2n) is 10.9. The summed E-state index contributed by atoms with van der Waals surface area (Å²) in [4.78, 5) is 25.2. The van der Waals surface area contributed by atoms with Gasteiger partial charge in [0.2, 0.25) is 5.88 Å². The Bertz CT molecular complexity index is 1530. The predicted octanol–water partition coefficient (Wildman–Crippen LogP) is 4.48. The summed E-state index contributed by atoms with van der Waals surface area (Å²) >= 11 is 0. The van der Waals surface area contributed by atoms with Crippen LogP contribution in [0.15, 0.2) is 41.5 Å². The lowest BCUT2D eigenvalue weighted by molar-refractivity contribution is 0.0720. The number of benzene rings is 1. The van der Waals surface area contributed by atoms with Crippen molar-refractivity contribution in [3.05, 3.63) is 47.1 Å². The van der Waals surface area contributed by atoms with E-state index in [1.54, 1.807) is 4.57 Å². The molecule has 192 valence electrons. The van der Waals surface area contributed by atoms with E-state index in [9.17, 15) is 4.79 Å². The zero-order chi connectivity index (χ0) is 25.0. The van der Waals surface area contributed by atoms with Crippen molar-refractivity contribution in [2.24, 2.45) is 7.05 Å². The summed E-state index contributed by atoms with van der Waals surface area (Å²) in [7, 11) is 1.84. The molecule has 1 aliphatic carbocycles. The second-order valence-corrected chi connectivity index (χ2v) is 10.9. The highest BCUT2D eigenvalue weighted by Crippen LogP contribution is 2.48. The molecule has 0 N–H and O–H groups in total. The van der Waals surface area contributed by atoms with Gasteiger partial charge in [0.15, 0.2) is 0 Å². The van der Waals surface area contributed by atoms with Gasteiger partial charge in [0, 0.05) is 37.0 Å². The van der Waals surface area contributed by atoms with E-state index in [4.69, 9.17) is 9.47 Å². The Hall–Kier alpha value is -3.39. The van der Waals surface area contributed by atoms with Crippen LogP contribution < -0.4 is 15.2 Å². The molecule has 1 saturated heterocycles. The minimum absolute atomic E-state index is 0.00862. The monoisotopic (exact) mass is 499 g/mol. The zero-order valence-corrected chi connectivity index (χ0v) is 21.4. The lowest BCUT2D eigenvalue weighted by Crippen LogP contribution is -2.50. The van der Waals surface area contributed by atoms with Gasteiger partial charge in [-0.25, -0.2) is 9.78 Å². The lowest BCUT2D eigenvalue weighted by atomic mass is 9.77. The smallest absolute Gasteiger partial charge is 0.329 e. The maximum absolute atomic E-state index is 13.4. The quantitative estimate of drug-likeness (QED) is 0.364. The molecule has 7 rings (SSSR count). The first kappa shape index (κ1) is 22.8. The van der Waals surface area contributed by atoms with Crippen molar-refractivity contribution in [3.8, 4) is 22.8 Å². The minimum Gasteiger partial charge on any atom is -0.490 e. The third-order valence-electron chi connectivity index (χ3n) is 8.61. The Kier molecular flexibility index (Phi) is 5.46. The Morgan fingerprint density at radius 1 is 1.03 bits per heavy atom. The molecule has 2 aliphatic heterocycles. The molecule has 1 spiro atoms.